The molecule has 0 N–H and O–H groups in total. The lowest BCUT2D eigenvalue weighted by Gasteiger charge is -2.02. The van der Waals surface area contributed by atoms with Gasteiger partial charge in [-0.3, -0.25) is 4.21 Å². The van der Waals surface area contributed by atoms with Crippen LogP contribution in [-0.4, -0.2) is 10.5 Å². The first-order chi connectivity index (χ1) is 6.24. The second-order valence-corrected chi connectivity index (χ2v) is 4.09. The molecule has 0 aromatic heterocycles. The Kier molecular flexibility index (Phi) is 3.90. The maximum Gasteiger partial charge on any atom is 0.0427 e. The fourth-order valence-electron chi connectivity index (χ4n) is 1.21. The molecule has 1 aromatic rings. The van der Waals surface area contributed by atoms with Crippen molar-refractivity contribution in [3.05, 3.63) is 41.3 Å². The van der Waals surface area contributed by atoms with Gasteiger partial charge in [0, 0.05) is 22.5 Å². The third-order valence-corrected chi connectivity index (χ3v) is 2.45. The molecule has 0 bridgehead atoms. The summed E-state index contributed by atoms with van der Waals surface area (Å²) in [4.78, 5) is 0. The van der Waals surface area contributed by atoms with Gasteiger partial charge >= 0.3 is 0 Å². The van der Waals surface area contributed by atoms with Crippen molar-refractivity contribution in [2.75, 3.05) is 6.26 Å². The fourth-order valence-corrected chi connectivity index (χ4v) is 1.91. The maximum atomic E-state index is 11.0. The number of benzene rings is 1. The molecule has 2 heteroatoms. The lowest BCUT2D eigenvalue weighted by Crippen LogP contribution is -1.85. The molecule has 13 heavy (non-hydrogen) atoms. The van der Waals surface area contributed by atoms with E-state index in [1.807, 2.05) is 35.7 Å². The van der Waals surface area contributed by atoms with Gasteiger partial charge in [0.2, 0.25) is 0 Å². The predicted molar refractivity (Wildman–Crippen MR) is 58.8 cm³/mol. The van der Waals surface area contributed by atoms with Gasteiger partial charge in [0.1, 0.15) is 0 Å². The molecule has 70 valence electrons. The van der Waals surface area contributed by atoms with Crippen LogP contribution in [0.5, 0.6) is 0 Å². The molecule has 1 atom stereocenters. The zero-order valence-electron chi connectivity index (χ0n) is 7.99. The van der Waals surface area contributed by atoms with Gasteiger partial charge in [-0.05, 0) is 17.6 Å². The van der Waals surface area contributed by atoms with E-state index >= 15 is 0 Å². The number of allylic oxidation sites excluding steroid dienone is 1. The van der Waals surface area contributed by atoms with E-state index in [-0.39, 0.29) is 0 Å². The van der Waals surface area contributed by atoms with Gasteiger partial charge < -0.3 is 0 Å². The van der Waals surface area contributed by atoms with Gasteiger partial charge in [0.15, 0.2) is 0 Å². The van der Waals surface area contributed by atoms with E-state index < -0.39 is 10.8 Å². The van der Waals surface area contributed by atoms with Crippen LogP contribution in [0.2, 0.25) is 0 Å². The number of rotatable bonds is 3. The van der Waals surface area contributed by atoms with Gasteiger partial charge in [0.25, 0.3) is 0 Å². The van der Waals surface area contributed by atoms with Crippen LogP contribution in [0.3, 0.4) is 0 Å². The lowest BCUT2D eigenvalue weighted by molar-refractivity contribution is 0.691. The molecule has 1 rings (SSSR count). The van der Waals surface area contributed by atoms with E-state index in [0.29, 0.717) is 0 Å². The molecule has 1 aromatic carbocycles. The van der Waals surface area contributed by atoms with Crippen molar-refractivity contribution in [1.29, 1.82) is 0 Å². The largest absolute Gasteiger partial charge is 0.255 e. The van der Waals surface area contributed by atoms with Crippen molar-refractivity contribution in [3.8, 4) is 0 Å². The van der Waals surface area contributed by atoms with E-state index in [2.05, 4.69) is 6.92 Å². The average Bonchev–Trinajstić information content (AvgIpc) is 2.15. The monoisotopic (exact) mass is 194 g/mol. The summed E-state index contributed by atoms with van der Waals surface area (Å²) in [7, 11) is -0.858. The van der Waals surface area contributed by atoms with Crippen LogP contribution in [0.25, 0.3) is 5.57 Å². The summed E-state index contributed by atoms with van der Waals surface area (Å²) < 4.78 is 11.0. The molecule has 0 saturated carbocycles. The van der Waals surface area contributed by atoms with Gasteiger partial charge in [0.05, 0.1) is 0 Å². The quantitative estimate of drug-likeness (QED) is 0.723. The first-order valence-corrected chi connectivity index (χ1v) is 5.94. The summed E-state index contributed by atoms with van der Waals surface area (Å²) >= 11 is 0. The lowest BCUT2D eigenvalue weighted by atomic mass is 10.1. The molecule has 0 heterocycles. The zero-order valence-corrected chi connectivity index (χ0v) is 8.80. The molecular weight excluding hydrogens is 180 g/mol. The molecule has 1 nitrogen and oxygen atoms in total. The number of hydrogen-bond acceptors (Lipinski definition) is 1. The highest BCUT2D eigenvalue weighted by molar-refractivity contribution is 7.87. The van der Waals surface area contributed by atoms with Gasteiger partial charge in [-0.1, -0.05) is 37.3 Å². The van der Waals surface area contributed by atoms with E-state index in [0.717, 1.165) is 12.0 Å². The standard InChI is InChI=1S/C11H14OS/c1-3-10(9-13(2)12)11-7-5-4-6-8-11/h4-9H,3H2,1-2H3/b10-9+. The van der Waals surface area contributed by atoms with Crippen molar-refractivity contribution in [2.45, 2.75) is 13.3 Å². The molecule has 0 aliphatic heterocycles. The van der Waals surface area contributed by atoms with Crippen LogP contribution in [0.15, 0.2) is 35.7 Å². The molecule has 0 saturated heterocycles. The summed E-state index contributed by atoms with van der Waals surface area (Å²) in [5, 5.41) is 1.81. The van der Waals surface area contributed by atoms with Crippen molar-refractivity contribution in [1.82, 2.24) is 0 Å². The molecule has 0 aliphatic rings. The Labute approximate surface area is 81.9 Å². The van der Waals surface area contributed by atoms with Gasteiger partial charge in [-0.2, -0.15) is 0 Å². The summed E-state index contributed by atoms with van der Waals surface area (Å²) in [6.07, 6.45) is 2.61. The van der Waals surface area contributed by atoms with Gasteiger partial charge in [-0.25, -0.2) is 0 Å². The van der Waals surface area contributed by atoms with Crippen LogP contribution in [0, 0.1) is 0 Å². The Morgan fingerprint density at radius 2 is 2.00 bits per heavy atom. The van der Waals surface area contributed by atoms with Crippen molar-refractivity contribution < 1.29 is 4.21 Å². The fraction of sp³-hybridized carbons (Fsp3) is 0.273. The third-order valence-electron chi connectivity index (χ3n) is 1.83. The molecule has 0 radical (unpaired) electrons. The normalized spacial score (nSPS) is 14.2. The SMILES string of the molecule is CC/C(=C\S(C)=O)c1ccccc1. The Bertz CT molecular complexity index is 314. The van der Waals surface area contributed by atoms with Crippen LogP contribution in [-0.2, 0) is 10.8 Å². The predicted octanol–water partition coefficient (Wildman–Crippen LogP) is 2.82. The van der Waals surface area contributed by atoms with E-state index in [1.54, 1.807) is 6.26 Å². The Hall–Kier alpha value is -0.890. The topological polar surface area (TPSA) is 17.1 Å². The zero-order chi connectivity index (χ0) is 9.68. The summed E-state index contributed by atoms with van der Waals surface area (Å²) in [5.74, 6) is 0. The average molecular weight is 194 g/mol. The Morgan fingerprint density at radius 3 is 2.46 bits per heavy atom. The first-order valence-electron chi connectivity index (χ1n) is 4.32. The molecule has 0 fully saturated rings. The van der Waals surface area contributed by atoms with Crippen LogP contribution in [0.1, 0.15) is 18.9 Å². The minimum absolute atomic E-state index is 0.858. The second-order valence-electron chi connectivity index (χ2n) is 2.86. The van der Waals surface area contributed by atoms with Gasteiger partial charge in [-0.15, -0.1) is 0 Å². The minimum atomic E-state index is -0.858. The van der Waals surface area contributed by atoms with E-state index in [1.165, 1.54) is 5.56 Å². The highest BCUT2D eigenvalue weighted by atomic mass is 32.2. The highest BCUT2D eigenvalue weighted by Gasteiger charge is 1.98. The van der Waals surface area contributed by atoms with Crippen molar-refractivity contribution >= 4 is 16.4 Å². The molecular formula is C11H14OS. The van der Waals surface area contributed by atoms with E-state index in [4.69, 9.17) is 0 Å². The van der Waals surface area contributed by atoms with Crippen molar-refractivity contribution in [3.63, 3.8) is 0 Å². The number of hydrogen-bond donors (Lipinski definition) is 0. The van der Waals surface area contributed by atoms with Crippen LogP contribution in [0.4, 0.5) is 0 Å². The summed E-state index contributed by atoms with van der Waals surface area (Å²) in [5.41, 5.74) is 2.32. The summed E-state index contributed by atoms with van der Waals surface area (Å²) in [6, 6.07) is 10.1. The molecule has 1 unspecified atom stereocenters. The molecule has 0 spiro atoms. The molecule has 0 aliphatic carbocycles. The van der Waals surface area contributed by atoms with Crippen molar-refractivity contribution in [2.24, 2.45) is 0 Å². The first kappa shape index (κ1) is 10.2. The Morgan fingerprint density at radius 1 is 1.38 bits per heavy atom. The Balaban J connectivity index is 2.98. The second kappa shape index (κ2) is 4.97. The summed E-state index contributed by atoms with van der Waals surface area (Å²) in [6.45, 7) is 2.08. The van der Waals surface area contributed by atoms with Crippen LogP contribution >= 0.6 is 0 Å². The smallest absolute Gasteiger partial charge is 0.0427 e. The highest BCUT2D eigenvalue weighted by Crippen LogP contribution is 2.17. The molecule has 0 amide bonds. The maximum absolute atomic E-state index is 11.0. The minimum Gasteiger partial charge on any atom is -0.255 e. The third kappa shape index (κ3) is 3.15. The van der Waals surface area contributed by atoms with Crippen LogP contribution < -0.4 is 0 Å². The van der Waals surface area contributed by atoms with E-state index in [9.17, 15) is 4.21 Å².